The van der Waals surface area contributed by atoms with Gasteiger partial charge in [-0.15, -0.1) is 0 Å². The maximum atomic E-state index is 11.7. The third-order valence-electron chi connectivity index (χ3n) is 2.67. The molecule has 0 aromatic carbocycles. The fourth-order valence-corrected chi connectivity index (χ4v) is 1.74. The number of nitrogens with one attached hydrogen (secondary N) is 2. The molecule has 4 N–H and O–H groups in total. The van der Waals surface area contributed by atoms with Crippen LogP contribution in [0.25, 0.3) is 0 Å². The molecule has 2 atom stereocenters. The molecular formula is C12H23N5O5. The van der Waals surface area contributed by atoms with Crippen molar-refractivity contribution in [1.82, 2.24) is 10.7 Å². The largest absolute Gasteiger partial charge is 0.444 e. The second-order valence-corrected chi connectivity index (χ2v) is 5.90. The van der Waals surface area contributed by atoms with E-state index in [9.17, 15) is 14.9 Å². The smallest absolute Gasteiger partial charge is 0.407 e. The van der Waals surface area contributed by atoms with Crippen molar-refractivity contribution in [3.05, 3.63) is 10.1 Å². The average molecular weight is 317 g/mol. The third-order valence-corrected chi connectivity index (χ3v) is 2.67. The van der Waals surface area contributed by atoms with Gasteiger partial charge in [0.2, 0.25) is 0 Å². The molecule has 0 radical (unpaired) electrons. The lowest BCUT2D eigenvalue weighted by atomic mass is 10.1. The second kappa shape index (κ2) is 7.78. The number of carbonyl (C=O) groups is 1. The number of hydrogen-bond donors (Lipinski definition) is 3. The second-order valence-electron chi connectivity index (χ2n) is 5.90. The van der Waals surface area contributed by atoms with Crippen molar-refractivity contribution in [2.24, 2.45) is 10.7 Å². The molecule has 1 aliphatic rings. The monoisotopic (exact) mass is 317 g/mol. The molecule has 0 spiro atoms. The molecule has 1 amide bonds. The summed E-state index contributed by atoms with van der Waals surface area (Å²) >= 11 is 0. The van der Waals surface area contributed by atoms with E-state index < -0.39 is 16.7 Å². The Bertz CT molecular complexity index is 430. The molecule has 22 heavy (non-hydrogen) atoms. The predicted molar refractivity (Wildman–Crippen MR) is 78.8 cm³/mol. The summed E-state index contributed by atoms with van der Waals surface area (Å²) < 4.78 is 10.4. The SMILES string of the molecule is CC(C)(C)OC(=O)N[C@@H](CCCN=C(N)N[N+](=O)[O-])[C@H]1CO1. The summed E-state index contributed by atoms with van der Waals surface area (Å²) in [7, 11) is 0. The van der Waals surface area contributed by atoms with Gasteiger partial charge in [0.1, 0.15) is 11.7 Å². The molecular weight excluding hydrogens is 294 g/mol. The minimum atomic E-state index is -0.774. The Morgan fingerprint density at radius 2 is 2.23 bits per heavy atom. The maximum Gasteiger partial charge on any atom is 0.407 e. The topological polar surface area (TPSA) is 144 Å². The summed E-state index contributed by atoms with van der Waals surface area (Å²) in [5.74, 6) is -0.246. The van der Waals surface area contributed by atoms with Gasteiger partial charge < -0.3 is 20.5 Å². The van der Waals surface area contributed by atoms with Crippen LogP contribution in [0.1, 0.15) is 33.6 Å². The van der Waals surface area contributed by atoms with Crippen LogP contribution >= 0.6 is 0 Å². The molecule has 1 aliphatic heterocycles. The zero-order valence-electron chi connectivity index (χ0n) is 13.0. The van der Waals surface area contributed by atoms with E-state index in [1.54, 1.807) is 26.2 Å². The highest BCUT2D eigenvalue weighted by atomic mass is 16.7. The Labute approximate surface area is 128 Å². The number of hydrogen-bond acceptors (Lipinski definition) is 6. The van der Waals surface area contributed by atoms with E-state index in [1.807, 2.05) is 0 Å². The molecule has 0 aromatic rings. The summed E-state index contributed by atoms with van der Waals surface area (Å²) in [6, 6.07) is -0.172. The number of carbonyl (C=O) groups excluding carboxylic acids is 1. The summed E-state index contributed by atoms with van der Waals surface area (Å²) in [6.45, 7) is 6.26. The molecule has 0 saturated carbocycles. The van der Waals surface area contributed by atoms with Gasteiger partial charge in [-0.1, -0.05) is 5.43 Å². The Balaban J connectivity index is 2.33. The highest BCUT2D eigenvalue weighted by Crippen LogP contribution is 2.18. The summed E-state index contributed by atoms with van der Waals surface area (Å²) in [6.07, 6.45) is 0.691. The predicted octanol–water partition coefficient (Wildman–Crippen LogP) is 0.155. The van der Waals surface area contributed by atoms with Gasteiger partial charge in [0, 0.05) is 6.54 Å². The first-order valence-corrected chi connectivity index (χ1v) is 6.99. The van der Waals surface area contributed by atoms with Crippen molar-refractivity contribution in [2.45, 2.75) is 51.4 Å². The summed E-state index contributed by atoms with van der Waals surface area (Å²) in [4.78, 5) is 25.7. The normalized spacial score (nSPS) is 19.2. The average Bonchev–Trinajstić information content (AvgIpc) is 3.13. The molecule has 1 fully saturated rings. The van der Waals surface area contributed by atoms with E-state index in [2.05, 4.69) is 10.3 Å². The van der Waals surface area contributed by atoms with Crippen LogP contribution in [0.5, 0.6) is 0 Å². The van der Waals surface area contributed by atoms with Crippen molar-refractivity contribution in [3.8, 4) is 0 Å². The molecule has 0 bridgehead atoms. The van der Waals surface area contributed by atoms with Gasteiger partial charge in [-0.25, -0.2) is 19.9 Å². The molecule has 1 rings (SSSR count). The molecule has 0 aromatic heterocycles. The first-order chi connectivity index (χ1) is 10.2. The number of nitro groups is 1. The fourth-order valence-electron chi connectivity index (χ4n) is 1.74. The number of nitrogens with zero attached hydrogens (tertiary/aromatic N) is 2. The highest BCUT2D eigenvalue weighted by Gasteiger charge is 2.34. The van der Waals surface area contributed by atoms with Crippen molar-refractivity contribution < 1.29 is 19.3 Å². The van der Waals surface area contributed by atoms with Crippen molar-refractivity contribution >= 4 is 12.1 Å². The van der Waals surface area contributed by atoms with Crippen LogP contribution < -0.4 is 16.5 Å². The lowest BCUT2D eigenvalue weighted by molar-refractivity contribution is -0.525. The van der Waals surface area contributed by atoms with Crippen molar-refractivity contribution in [2.75, 3.05) is 13.2 Å². The Morgan fingerprint density at radius 3 is 2.73 bits per heavy atom. The quantitative estimate of drug-likeness (QED) is 0.151. The van der Waals surface area contributed by atoms with Crippen LogP contribution in [0.4, 0.5) is 4.79 Å². The minimum Gasteiger partial charge on any atom is -0.444 e. The van der Waals surface area contributed by atoms with Crippen LogP contribution in [0, 0.1) is 10.1 Å². The molecule has 10 heteroatoms. The fraction of sp³-hybridized carbons (Fsp3) is 0.833. The number of alkyl carbamates (subject to hydrolysis) is 1. The van der Waals surface area contributed by atoms with Crippen LogP contribution in [-0.4, -0.2) is 48.0 Å². The number of amides is 1. The molecule has 1 saturated heterocycles. The van der Waals surface area contributed by atoms with Crippen LogP contribution in [-0.2, 0) is 9.47 Å². The number of hydrazine groups is 1. The van der Waals surface area contributed by atoms with Gasteiger partial charge in [-0.05, 0) is 33.6 Å². The molecule has 10 nitrogen and oxygen atoms in total. The van der Waals surface area contributed by atoms with Gasteiger partial charge >= 0.3 is 6.09 Å². The van der Waals surface area contributed by atoms with Crippen LogP contribution in [0.15, 0.2) is 4.99 Å². The van der Waals surface area contributed by atoms with Crippen molar-refractivity contribution in [1.29, 1.82) is 0 Å². The highest BCUT2D eigenvalue weighted by molar-refractivity contribution is 5.76. The van der Waals surface area contributed by atoms with Crippen LogP contribution in [0.3, 0.4) is 0 Å². The molecule has 0 unspecified atom stereocenters. The standard InChI is InChI=1S/C12H23N5O5/c1-12(2,3)22-11(18)15-8(9-7-21-9)5-4-6-14-10(13)16-17(19)20/h8-9H,4-7H2,1-3H3,(H,15,18)(H3,13,14,16)/t8-,9+/m0/s1. The minimum absolute atomic E-state index is 0.0225. The van der Waals surface area contributed by atoms with Crippen LogP contribution in [0.2, 0.25) is 0 Å². The molecule has 1 heterocycles. The number of guanidine groups is 1. The first-order valence-electron chi connectivity index (χ1n) is 6.99. The summed E-state index contributed by atoms with van der Waals surface area (Å²) in [5, 5.41) is 12.1. The van der Waals surface area contributed by atoms with E-state index in [1.165, 1.54) is 0 Å². The van der Waals surface area contributed by atoms with Gasteiger partial charge in [0.05, 0.1) is 12.6 Å². The lowest BCUT2D eigenvalue weighted by Gasteiger charge is -2.22. The summed E-state index contributed by atoms with van der Waals surface area (Å²) in [5.41, 5.74) is 6.49. The number of nitrogens with two attached hydrogens (primary N) is 1. The number of epoxide rings is 1. The van der Waals surface area contributed by atoms with E-state index in [-0.39, 0.29) is 18.1 Å². The number of ether oxygens (including phenoxy) is 2. The van der Waals surface area contributed by atoms with E-state index >= 15 is 0 Å². The Kier molecular flexibility index (Phi) is 6.35. The zero-order chi connectivity index (χ0) is 16.8. The molecule has 0 aliphatic carbocycles. The van der Waals surface area contributed by atoms with E-state index in [0.29, 0.717) is 26.0 Å². The Hall–Kier alpha value is -2.10. The number of rotatable bonds is 7. The van der Waals surface area contributed by atoms with Gasteiger partial charge in [0.15, 0.2) is 5.03 Å². The van der Waals surface area contributed by atoms with E-state index in [4.69, 9.17) is 15.2 Å². The molecule has 126 valence electrons. The number of aliphatic imine (C=N–C) groups is 1. The van der Waals surface area contributed by atoms with Gasteiger partial charge in [-0.3, -0.25) is 0 Å². The first kappa shape index (κ1) is 18.0. The Morgan fingerprint density at radius 1 is 1.59 bits per heavy atom. The third kappa shape index (κ3) is 8.25. The van der Waals surface area contributed by atoms with E-state index in [0.717, 1.165) is 0 Å². The zero-order valence-corrected chi connectivity index (χ0v) is 13.0. The lowest BCUT2D eigenvalue weighted by Crippen LogP contribution is -2.42. The van der Waals surface area contributed by atoms with Gasteiger partial charge in [0.25, 0.3) is 5.96 Å². The van der Waals surface area contributed by atoms with Crippen molar-refractivity contribution in [3.63, 3.8) is 0 Å². The van der Waals surface area contributed by atoms with Gasteiger partial charge in [-0.2, -0.15) is 0 Å². The maximum absolute atomic E-state index is 11.7.